The van der Waals surface area contributed by atoms with Crippen LogP contribution in [0.15, 0.2) is 134 Å². The van der Waals surface area contributed by atoms with Gasteiger partial charge in [0.25, 0.3) is 0 Å². The monoisotopic (exact) mass is 1580 g/mol. The highest BCUT2D eigenvalue weighted by Crippen LogP contribution is 2.43. The Bertz CT molecular complexity index is 3620. The zero-order chi connectivity index (χ0) is 81.2. The Morgan fingerprint density at radius 2 is 0.640 bits per heavy atom. The first-order valence-electron chi connectivity index (χ1n) is 42.4. The topological polar surface area (TPSA) is 264 Å². The molecule has 0 saturated heterocycles. The van der Waals surface area contributed by atoms with E-state index in [9.17, 15) is 43.2 Å². The van der Waals surface area contributed by atoms with Crippen LogP contribution in [-0.2, 0) is 52.5 Å². The molecule has 21 heteroatoms. The van der Waals surface area contributed by atoms with Crippen LogP contribution in [0.1, 0.15) is 283 Å². The fourth-order valence-electron chi connectivity index (χ4n) is 14.4. The van der Waals surface area contributed by atoms with E-state index in [1.165, 1.54) is 87.8 Å². The average Bonchev–Trinajstić information content (AvgIpc) is 0.846. The number of ether oxygens (including phenoxy) is 12. The summed E-state index contributed by atoms with van der Waals surface area (Å²) < 4.78 is 66.8. The molecule has 3 aliphatic carbocycles. The molecule has 0 radical (unpaired) electrons. The van der Waals surface area contributed by atoms with Crippen LogP contribution in [-0.4, -0.2) is 106 Å². The van der Waals surface area contributed by atoms with E-state index in [1.54, 1.807) is 84.9 Å². The third-order valence-electron chi connectivity index (χ3n) is 21.1. The van der Waals surface area contributed by atoms with Crippen LogP contribution >= 0.6 is 0 Å². The van der Waals surface area contributed by atoms with Gasteiger partial charge in [0.05, 0.1) is 87.1 Å². The van der Waals surface area contributed by atoms with Crippen molar-refractivity contribution in [2.45, 2.75) is 258 Å². The second kappa shape index (κ2) is 54.4. The summed E-state index contributed by atoms with van der Waals surface area (Å²) in [6.07, 6.45) is 33.4. The summed E-state index contributed by atoms with van der Waals surface area (Å²) in [6, 6.07) is 32.4. The van der Waals surface area contributed by atoms with Gasteiger partial charge in [-0.2, -0.15) is 0 Å². The maximum Gasteiger partial charge on any atom is 0.343 e. The summed E-state index contributed by atoms with van der Waals surface area (Å²) >= 11 is 0. The zero-order valence-electron chi connectivity index (χ0n) is 67.8. The summed E-state index contributed by atoms with van der Waals surface area (Å²) in [5.74, 6) is 1.36. The number of esters is 9. The Hall–Kier alpha value is -9.37. The van der Waals surface area contributed by atoms with Gasteiger partial charge in [0, 0.05) is 19.1 Å². The first-order chi connectivity index (χ1) is 55.7. The minimum atomic E-state index is -0.616. The molecule has 0 aromatic heterocycles. The molecule has 622 valence electrons. The number of benzene rings is 5. The lowest BCUT2D eigenvalue weighted by molar-refractivity contribution is -0.150. The molecule has 0 bridgehead atoms. The van der Waals surface area contributed by atoms with Gasteiger partial charge in [-0.1, -0.05) is 98.0 Å². The Morgan fingerprint density at radius 1 is 0.325 bits per heavy atom. The molecule has 0 atom stereocenters. The van der Waals surface area contributed by atoms with E-state index in [-0.39, 0.29) is 72.4 Å². The smallest absolute Gasteiger partial charge is 0.343 e. The van der Waals surface area contributed by atoms with Gasteiger partial charge in [-0.25, -0.2) is 19.2 Å². The lowest BCUT2D eigenvalue weighted by Crippen LogP contribution is -2.30. The van der Waals surface area contributed by atoms with Crippen LogP contribution in [0.2, 0.25) is 0 Å². The molecule has 0 aliphatic heterocycles. The molecule has 3 saturated carbocycles. The number of hydrogen-bond donors (Lipinski definition) is 0. The van der Waals surface area contributed by atoms with Crippen molar-refractivity contribution in [1.82, 2.24) is 0 Å². The highest BCUT2D eigenvalue weighted by Gasteiger charge is 2.34. The first-order valence-corrected chi connectivity index (χ1v) is 42.4. The largest absolute Gasteiger partial charge is 0.494 e. The van der Waals surface area contributed by atoms with Crippen molar-refractivity contribution in [3.05, 3.63) is 151 Å². The van der Waals surface area contributed by atoms with Gasteiger partial charge in [-0.05, 0) is 280 Å². The van der Waals surface area contributed by atoms with E-state index in [4.69, 9.17) is 56.8 Å². The Balaban J connectivity index is 0.00000893. The van der Waals surface area contributed by atoms with Crippen LogP contribution < -0.4 is 33.2 Å². The number of hydrogen-bond acceptors (Lipinski definition) is 21. The predicted octanol–water partition coefficient (Wildman–Crippen LogP) is 20.6. The molecule has 3 aliphatic rings. The molecule has 0 unspecified atom stereocenters. The third-order valence-corrected chi connectivity index (χ3v) is 21.1. The average molecular weight is 1580 g/mol. The van der Waals surface area contributed by atoms with Crippen LogP contribution in [0.4, 0.5) is 0 Å². The van der Waals surface area contributed by atoms with E-state index >= 15 is 0 Å². The molecular weight excluding hydrogens is 1450 g/mol. The zero-order valence-corrected chi connectivity index (χ0v) is 67.8. The van der Waals surface area contributed by atoms with Gasteiger partial charge in [-0.15, -0.1) is 0 Å². The number of carbonyl (C=O) groups is 9. The van der Waals surface area contributed by atoms with E-state index in [0.717, 1.165) is 152 Å². The second-order valence-corrected chi connectivity index (χ2v) is 29.7. The highest BCUT2D eigenvalue weighted by molar-refractivity contribution is 5.93. The molecule has 0 amide bonds. The van der Waals surface area contributed by atoms with E-state index < -0.39 is 35.8 Å². The number of rotatable bonds is 51. The fourth-order valence-corrected chi connectivity index (χ4v) is 14.4. The minimum Gasteiger partial charge on any atom is -0.494 e. The maximum atomic E-state index is 13.1. The van der Waals surface area contributed by atoms with Crippen LogP contribution in [0.3, 0.4) is 0 Å². The van der Waals surface area contributed by atoms with Gasteiger partial charge in [0.15, 0.2) is 0 Å². The quantitative estimate of drug-likeness (QED) is 0.0115. The SMILES string of the molecule is C=CC(=O)OCCCCCCOc1ccc(C(=O)Oc2ccc(OC(=O)c3ccc(OC(=O)C4CCC(OCCCCCCOC(=O)CCCCCOC(=O)CCC(=O)OCCCCCCCCOc5ccc(C(=O)Oc6ccc(OC(=O)C7CCC(C8CCC(CCCCC)CC8)CC7)cc6)cc5)CC4)cc3)cc2)cc1.CC. The Morgan fingerprint density at radius 3 is 1.04 bits per heavy atom. The van der Waals surface area contributed by atoms with Gasteiger partial charge < -0.3 is 56.8 Å². The van der Waals surface area contributed by atoms with E-state index in [1.807, 2.05) is 13.8 Å². The van der Waals surface area contributed by atoms with Crippen LogP contribution in [0, 0.1) is 29.6 Å². The van der Waals surface area contributed by atoms with Gasteiger partial charge in [-0.3, -0.25) is 24.0 Å². The summed E-state index contributed by atoms with van der Waals surface area (Å²) in [5.41, 5.74) is 0.982. The van der Waals surface area contributed by atoms with E-state index in [2.05, 4.69) is 13.5 Å². The third kappa shape index (κ3) is 36.4. The summed E-state index contributed by atoms with van der Waals surface area (Å²) in [5, 5.41) is 0. The van der Waals surface area contributed by atoms with Crippen LogP contribution in [0.5, 0.6) is 40.2 Å². The van der Waals surface area contributed by atoms with E-state index in [0.29, 0.717) is 118 Å². The van der Waals surface area contributed by atoms with Crippen molar-refractivity contribution >= 4 is 53.7 Å². The molecule has 21 nitrogen and oxygen atoms in total. The molecule has 5 aromatic rings. The molecule has 8 rings (SSSR count). The minimum absolute atomic E-state index is 0.0379. The van der Waals surface area contributed by atoms with Gasteiger partial charge >= 0.3 is 53.7 Å². The molecular formula is C93H124O21. The summed E-state index contributed by atoms with van der Waals surface area (Å²) in [7, 11) is 0. The summed E-state index contributed by atoms with van der Waals surface area (Å²) in [6.45, 7) is 12.6. The highest BCUT2D eigenvalue weighted by atomic mass is 16.6. The Labute approximate surface area is 675 Å². The molecule has 114 heavy (non-hydrogen) atoms. The van der Waals surface area contributed by atoms with Crippen molar-refractivity contribution in [3.63, 3.8) is 0 Å². The van der Waals surface area contributed by atoms with Crippen molar-refractivity contribution in [3.8, 4) is 40.2 Å². The predicted molar refractivity (Wildman–Crippen MR) is 434 cm³/mol. The lowest BCUT2D eigenvalue weighted by Gasteiger charge is -2.37. The number of unbranched alkanes of at least 4 members (excludes halogenated alkanes) is 15. The first kappa shape index (κ1) is 91.8. The number of carbonyl (C=O) groups excluding carboxylic acids is 9. The normalized spacial score (nSPS) is 17.1. The van der Waals surface area contributed by atoms with Crippen molar-refractivity contribution in [2.24, 2.45) is 29.6 Å². The van der Waals surface area contributed by atoms with Gasteiger partial charge in [0.1, 0.15) is 40.2 Å². The summed E-state index contributed by atoms with van der Waals surface area (Å²) in [4.78, 5) is 113. The standard InChI is InChI=1S/C91H118O21.C2H6/c1-3-5-15-24-67-26-28-68(29-27-67)69-30-32-70(33-31-69)87(96)109-79-50-52-80(53-51-79)110-89(98)72-36-44-75(45-37-72)101-60-17-8-6-7-9-20-65-106-85(94)58-59-86(95)107-66-23-14-16-25-84(93)105-64-22-13-11-19-62-103-76-42-34-71(35-43-76)88(97)108-78-48-40-74(41-49-78)91(100)112-82-56-54-81(55-57-82)111-90(99)73-38-46-77(47-39-73)102-61-18-10-12-21-63-104-83(92)4-2;1-2/h4,36-41,44-57,67-71,76H,2-3,5-35,42-43,58-66H2,1H3;1-2H3. The van der Waals surface area contributed by atoms with Crippen LogP contribution in [0.25, 0.3) is 0 Å². The fraction of sp³-hybridized carbons (Fsp3) is 0.559. The molecule has 3 fully saturated rings. The van der Waals surface area contributed by atoms with Crippen molar-refractivity contribution in [1.29, 1.82) is 0 Å². The van der Waals surface area contributed by atoms with Gasteiger partial charge in [0.2, 0.25) is 0 Å². The second-order valence-electron chi connectivity index (χ2n) is 29.7. The van der Waals surface area contributed by atoms with Crippen molar-refractivity contribution < 1.29 is 100.0 Å². The molecule has 0 heterocycles. The molecule has 5 aromatic carbocycles. The lowest BCUT2D eigenvalue weighted by atomic mass is 9.68. The molecule has 0 N–H and O–H groups in total. The maximum absolute atomic E-state index is 13.1. The van der Waals surface area contributed by atoms with Crippen molar-refractivity contribution in [2.75, 3.05) is 46.2 Å². The molecule has 0 spiro atoms. The Kier molecular flexibility index (Phi) is 43.8.